The van der Waals surface area contributed by atoms with Gasteiger partial charge in [-0.25, -0.2) is 0 Å². The van der Waals surface area contributed by atoms with Crippen molar-refractivity contribution in [2.45, 2.75) is 26.7 Å². The molecule has 2 rings (SSSR count). The highest BCUT2D eigenvalue weighted by atomic mass is 16.5. The highest BCUT2D eigenvalue weighted by molar-refractivity contribution is 5.94. The van der Waals surface area contributed by atoms with E-state index in [0.717, 1.165) is 24.2 Å². The lowest BCUT2D eigenvalue weighted by molar-refractivity contribution is -0.122. The van der Waals surface area contributed by atoms with Gasteiger partial charge in [0.1, 0.15) is 0 Å². The monoisotopic (exact) mass is 290 g/mol. The van der Waals surface area contributed by atoms with E-state index in [2.05, 4.69) is 10.6 Å². The summed E-state index contributed by atoms with van der Waals surface area (Å²) in [7, 11) is 0. The van der Waals surface area contributed by atoms with Crippen LogP contribution in [0.25, 0.3) is 0 Å². The predicted octanol–water partition coefficient (Wildman–Crippen LogP) is 2.65. The molecule has 2 N–H and O–H groups in total. The summed E-state index contributed by atoms with van der Waals surface area (Å²) < 4.78 is 5.25. The SMILES string of the molecule is CC(C)C(=O)Nc1ccc(NC(=O)C2CCOCC2)cc1. The van der Waals surface area contributed by atoms with Crippen molar-refractivity contribution in [3.63, 3.8) is 0 Å². The Hall–Kier alpha value is -1.88. The van der Waals surface area contributed by atoms with Gasteiger partial charge in [0, 0.05) is 36.4 Å². The highest BCUT2D eigenvalue weighted by Crippen LogP contribution is 2.19. The highest BCUT2D eigenvalue weighted by Gasteiger charge is 2.21. The van der Waals surface area contributed by atoms with Crippen LogP contribution in [-0.4, -0.2) is 25.0 Å². The van der Waals surface area contributed by atoms with Crippen molar-refractivity contribution in [1.82, 2.24) is 0 Å². The summed E-state index contributed by atoms with van der Waals surface area (Å²) in [4.78, 5) is 23.7. The maximum absolute atomic E-state index is 12.1. The van der Waals surface area contributed by atoms with Gasteiger partial charge in [-0.3, -0.25) is 9.59 Å². The summed E-state index contributed by atoms with van der Waals surface area (Å²) in [5.41, 5.74) is 1.48. The van der Waals surface area contributed by atoms with E-state index in [1.54, 1.807) is 24.3 Å². The fraction of sp³-hybridized carbons (Fsp3) is 0.500. The van der Waals surface area contributed by atoms with Gasteiger partial charge in [-0.15, -0.1) is 0 Å². The maximum atomic E-state index is 12.1. The summed E-state index contributed by atoms with van der Waals surface area (Å²) in [6.45, 7) is 4.99. The van der Waals surface area contributed by atoms with Crippen molar-refractivity contribution in [2.24, 2.45) is 11.8 Å². The largest absolute Gasteiger partial charge is 0.381 e. The molecule has 1 aromatic rings. The summed E-state index contributed by atoms with van der Waals surface area (Å²) in [5.74, 6) is -0.0109. The van der Waals surface area contributed by atoms with Crippen molar-refractivity contribution in [1.29, 1.82) is 0 Å². The van der Waals surface area contributed by atoms with Gasteiger partial charge >= 0.3 is 0 Å². The average Bonchev–Trinajstić information content (AvgIpc) is 2.50. The van der Waals surface area contributed by atoms with Crippen molar-refractivity contribution < 1.29 is 14.3 Å². The van der Waals surface area contributed by atoms with Crippen molar-refractivity contribution in [3.05, 3.63) is 24.3 Å². The van der Waals surface area contributed by atoms with Gasteiger partial charge in [-0.2, -0.15) is 0 Å². The Bertz CT molecular complexity index is 491. The maximum Gasteiger partial charge on any atom is 0.227 e. The molecule has 0 atom stereocenters. The average molecular weight is 290 g/mol. The van der Waals surface area contributed by atoms with Gasteiger partial charge in [0.15, 0.2) is 0 Å². The van der Waals surface area contributed by atoms with Crippen LogP contribution in [0.1, 0.15) is 26.7 Å². The smallest absolute Gasteiger partial charge is 0.227 e. The molecule has 1 fully saturated rings. The molecule has 0 saturated carbocycles. The van der Waals surface area contributed by atoms with Crippen LogP contribution in [0.4, 0.5) is 11.4 Å². The van der Waals surface area contributed by atoms with E-state index in [1.807, 2.05) is 13.8 Å². The van der Waals surface area contributed by atoms with Gasteiger partial charge in [0.2, 0.25) is 11.8 Å². The van der Waals surface area contributed by atoms with Gasteiger partial charge < -0.3 is 15.4 Å². The third-order valence-electron chi connectivity index (χ3n) is 3.54. The molecule has 1 heterocycles. The molecule has 5 heteroatoms. The van der Waals surface area contributed by atoms with Crippen LogP contribution in [0.3, 0.4) is 0 Å². The third kappa shape index (κ3) is 4.56. The number of nitrogens with one attached hydrogen (secondary N) is 2. The Morgan fingerprint density at radius 1 is 1.05 bits per heavy atom. The van der Waals surface area contributed by atoms with E-state index in [0.29, 0.717) is 13.2 Å². The van der Waals surface area contributed by atoms with Crippen LogP contribution in [0.5, 0.6) is 0 Å². The lowest BCUT2D eigenvalue weighted by atomic mass is 9.99. The number of benzene rings is 1. The Morgan fingerprint density at radius 2 is 1.57 bits per heavy atom. The second kappa shape index (κ2) is 7.22. The lowest BCUT2D eigenvalue weighted by Gasteiger charge is -2.21. The second-order valence-electron chi connectivity index (χ2n) is 5.60. The molecule has 21 heavy (non-hydrogen) atoms. The van der Waals surface area contributed by atoms with E-state index in [4.69, 9.17) is 4.74 Å². The van der Waals surface area contributed by atoms with Crippen LogP contribution < -0.4 is 10.6 Å². The first-order valence-electron chi connectivity index (χ1n) is 7.36. The predicted molar refractivity (Wildman–Crippen MR) is 82.1 cm³/mol. The minimum absolute atomic E-state index is 0.0195. The fourth-order valence-electron chi connectivity index (χ4n) is 2.13. The molecular formula is C16H22N2O3. The first-order chi connectivity index (χ1) is 10.1. The molecule has 1 saturated heterocycles. The quantitative estimate of drug-likeness (QED) is 0.895. The molecule has 1 aliphatic rings. The summed E-state index contributed by atoms with van der Waals surface area (Å²) >= 11 is 0. The second-order valence-corrected chi connectivity index (χ2v) is 5.60. The van der Waals surface area contributed by atoms with Gasteiger partial charge in [0.05, 0.1) is 0 Å². The van der Waals surface area contributed by atoms with E-state index in [9.17, 15) is 9.59 Å². The first-order valence-corrected chi connectivity index (χ1v) is 7.36. The minimum Gasteiger partial charge on any atom is -0.381 e. The van der Waals surface area contributed by atoms with Gasteiger partial charge in [-0.05, 0) is 37.1 Å². The molecule has 0 spiro atoms. The first kappa shape index (κ1) is 15.5. The van der Waals surface area contributed by atoms with E-state index in [1.165, 1.54) is 0 Å². The van der Waals surface area contributed by atoms with Crippen molar-refractivity contribution in [3.8, 4) is 0 Å². The minimum atomic E-state index is -0.0575. The summed E-state index contributed by atoms with van der Waals surface area (Å²) in [6.07, 6.45) is 1.54. The molecule has 0 radical (unpaired) electrons. The Labute approximate surface area is 125 Å². The fourth-order valence-corrected chi connectivity index (χ4v) is 2.13. The lowest BCUT2D eigenvalue weighted by Crippen LogP contribution is -2.28. The molecule has 0 unspecified atom stereocenters. The molecule has 2 amide bonds. The summed E-state index contributed by atoms with van der Waals surface area (Å²) in [6, 6.07) is 7.18. The topological polar surface area (TPSA) is 67.4 Å². The normalized spacial score (nSPS) is 15.8. The van der Waals surface area contributed by atoms with Crippen LogP contribution in [0.2, 0.25) is 0 Å². The molecule has 0 aromatic heterocycles. The van der Waals surface area contributed by atoms with Crippen LogP contribution in [0.15, 0.2) is 24.3 Å². The molecule has 5 nitrogen and oxygen atoms in total. The number of hydrogen-bond donors (Lipinski definition) is 2. The molecule has 0 aliphatic carbocycles. The van der Waals surface area contributed by atoms with Crippen LogP contribution in [-0.2, 0) is 14.3 Å². The zero-order valence-electron chi connectivity index (χ0n) is 12.5. The van der Waals surface area contributed by atoms with Crippen LogP contribution >= 0.6 is 0 Å². The molecular weight excluding hydrogens is 268 g/mol. The number of carbonyl (C=O) groups is 2. The number of rotatable bonds is 4. The molecule has 1 aromatic carbocycles. The van der Waals surface area contributed by atoms with Gasteiger partial charge in [-0.1, -0.05) is 13.8 Å². The number of hydrogen-bond acceptors (Lipinski definition) is 3. The molecule has 0 bridgehead atoms. The zero-order valence-corrected chi connectivity index (χ0v) is 12.5. The standard InChI is InChI=1S/C16H22N2O3/c1-11(2)15(19)17-13-3-5-14(6-4-13)18-16(20)12-7-9-21-10-8-12/h3-6,11-12H,7-10H2,1-2H3,(H,17,19)(H,18,20). The number of carbonyl (C=O) groups excluding carboxylic acids is 2. The third-order valence-corrected chi connectivity index (χ3v) is 3.54. The number of anilines is 2. The van der Waals surface area contributed by atoms with E-state index in [-0.39, 0.29) is 23.7 Å². The number of amides is 2. The van der Waals surface area contributed by atoms with Crippen LogP contribution in [0, 0.1) is 11.8 Å². The van der Waals surface area contributed by atoms with Crippen molar-refractivity contribution >= 4 is 23.2 Å². The summed E-state index contributed by atoms with van der Waals surface area (Å²) in [5, 5.41) is 5.72. The number of ether oxygens (including phenoxy) is 1. The molecule has 114 valence electrons. The zero-order chi connectivity index (χ0) is 15.2. The van der Waals surface area contributed by atoms with Crippen molar-refractivity contribution in [2.75, 3.05) is 23.8 Å². The van der Waals surface area contributed by atoms with E-state index >= 15 is 0 Å². The molecule has 1 aliphatic heterocycles. The Morgan fingerprint density at radius 3 is 2.10 bits per heavy atom. The van der Waals surface area contributed by atoms with E-state index < -0.39 is 0 Å². The Kier molecular flexibility index (Phi) is 5.33. The van der Waals surface area contributed by atoms with Gasteiger partial charge in [0.25, 0.3) is 0 Å². The Balaban J connectivity index is 1.89.